The molecule has 1 amide bonds. The molecule has 0 spiro atoms. The number of hydrogen-bond acceptors (Lipinski definition) is 5. The number of carbonyl (C=O) groups is 1. The maximum Gasteiger partial charge on any atom is 0.273 e. The Morgan fingerprint density at radius 3 is 2.80 bits per heavy atom. The summed E-state index contributed by atoms with van der Waals surface area (Å²) in [5.74, 6) is 0.467. The van der Waals surface area contributed by atoms with Gasteiger partial charge in [-0.2, -0.15) is 0 Å². The summed E-state index contributed by atoms with van der Waals surface area (Å²) in [6.45, 7) is 7.23. The monoisotopic (exact) mass is 349 g/mol. The molecular formula is C18H31N5O2. The van der Waals surface area contributed by atoms with E-state index in [-0.39, 0.29) is 5.91 Å². The molecule has 2 heterocycles. The van der Waals surface area contributed by atoms with Gasteiger partial charge in [-0.3, -0.25) is 4.79 Å². The predicted octanol–water partition coefficient (Wildman–Crippen LogP) is 1.84. The van der Waals surface area contributed by atoms with Crippen molar-refractivity contribution in [2.24, 2.45) is 5.92 Å². The summed E-state index contributed by atoms with van der Waals surface area (Å²) in [5, 5.41) is 14.6. The van der Waals surface area contributed by atoms with Crippen molar-refractivity contribution in [1.29, 1.82) is 0 Å². The van der Waals surface area contributed by atoms with E-state index in [9.17, 15) is 4.79 Å². The van der Waals surface area contributed by atoms with Crippen LogP contribution in [0, 0.1) is 12.8 Å². The molecule has 1 saturated carbocycles. The average molecular weight is 349 g/mol. The van der Waals surface area contributed by atoms with E-state index in [4.69, 9.17) is 4.74 Å². The highest BCUT2D eigenvalue weighted by Crippen LogP contribution is 2.26. The molecule has 1 aromatic heterocycles. The Kier molecular flexibility index (Phi) is 6.42. The number of rotatable bonds is 6. The first-order chi connectivity index (χ1) is 12.2. The summed E-state index contributed by atoms with van der Waals surface area (Å²) in [6, 6.07) is 0.339. The molecule has 2 N–H and O–H groups in total. The van der Waals surface area contributed by atoms with Crippen LogP contribution in [0.5, 0.6) is 0 Å². The van der Waals surface area contributed by atoms with Gasteiger partial charge in [-0.05, 0) is 51.6 Å². The maximum absolute atomic E-state index is 12.4. The van der Waals surface area contributed by atoms with E-state index in [1.165, 1.54) is 19.3 Å². The van der Waals surface area contributed by atoms with Crippen LogP contribution < -0.4 is 10.6 Å². The van der Waals surface area contributed by atoms with Crippen LogP contribution in [-0.2, 0) is 4.74 Å². The molecule has 2 atom stereocenters. The molecule has 0 bridgehead atoms. The van der Waals surface area contributed by atoms with Crippen molar-refractivity contribution in [3.8, 4) is 0 Å². The number of nitrogens with one attached hydrogen (secondary N) is 2. The van der Waals surface area contributed by atoms with Crippen LogP contribution in [0.3, 0.4) is 0 Å². The van der Waals surface area contributed by atoms with Crippen LogP contribution in [0.2, 0.25) is 0 Å². The molecule has 7 nitrogen and oxygen atoms in total. The van der Waals surface area contributed by atoms with E-state index in [1.807, 2.05) is 11.6 Å². The normalized spacial score (nSPS) is 25.0. The minimum atomic E-state index is -0.155. The first-order valence-corrected chi connectivity index (χ1v) is 9.69. The Labute approximate surface area is 149 Å². The van der Waals surface area contributed by atoms with Gasteiger partial charge in [0.15, 0.2) is 5.69 Å². The second-order valence-corrected chi connectivity index (χ2v) is 7.38. The van der Waals surface area contributed by atoms with Crippen LogP contribution in [-0.4, -0.2) is 53.2 Å². The Bertz CT molecular complexity index is 568. The predicted molar refractivity (Wildman–Crippen MR) is 95.6 cm³/mol. The van der Waals surface area contributed by atoms with Gasteiger partial charge in [-0.15, -0.1) is 5.10 Å². The van der Waals surface area contributed by atoms with E-state index in [1.54, 1.807) is 0 Å². The van der Waals surface area contributed by atoms with Gasteiger partial charge in [-0.1, -0.05) is 25.0 Å². The van der Waals surface area contributed by atoms with Crippen molar-refractivity contribution in [3.63, 3.8) is 0 Å². The Balaban J connectivity index is 1.46. The van der Waals surface area contributed by atoms with E-state index in [0.29, 0.717) is 36.9 Å². The van der Waals surface area contributed by atoms with Gasteiger partial charge in [0.25, 0.3) is 5.91 Å². The van der Waals surface area contributed by atoms with E-state index >= 15 is 0 Å². The summed E-state index contributed by atoms with van der Waals surface area (Å²) < 4.78 is 7.86. The number of amides is 1. The molecule has 2 aliphatic rings. The van der Waals surface area contributed by atoms with Gasteiger partial charge in [0.05, 0.1) is 24.4 Å². The molecule has 0 radical (unpaired) electrons. The van der Waals surface area contributed by atoms with Crippen molar-refractivity contribution in [2.75, 3.05) is 26.2 Å². The van der Waals surface area contributed by atoms with Gasteiger partial charge in [-0.25, -0.2) is 4.68 Å². The van der Waals surface area contributed by atoms with Crippen LogP contribution >= 0.6 is 0 Å². The summed E-state index contributed by atoms with van der Waals surface area (Å²) in [6.07, 6.45) is 7.34. The van der Waals surface area contributed by atoms with Crippen molar-refractivity contribution in [3.05, 3.63) is 11.4 Å². The van der Waals surface area contributed by atoms with Crippen LogP contribution in [0.1, 0.15) is 67.7 Å². The molecule has 0 unspecified atom stereocenters. The van der Waals surface area contributed by atoms with Gasteiger partial charge >= 0.3 is 0 Å². The van der Waals surface area contributed by atoms with Gasteiger partial charge in [0.1, 0.15) is 0 Å². The van der Waals surface area contributed by atoms with Gasteiger partial charge in [0.2, 0.25) is 0 Å². The number of piperidine rings is 1. The number of nitrogens with zero attached hydrogens (tertiary/aromatic N) is 3. The lowest BCUT2D eigenvalue weighted by molar-refractivity contribution is -0.00295. The molecule has 1 aliphatic heterocycles. The number of ether oxygens (including phenoxy) is 1. The zero-order valence-corrected chi connectivity index (χ0v) is 15.5. The van der Waals surface area contributed by atoms with Gasteiger partial charge < -0.3 is 15.4 Å². The highest BCUT2D eigenvalue weighted by Gasteiger charge is 2.23. The first-order valence-electron chi connectivity index (χ1n) is 9.69. The third-order valence-corrected chi connectivity index (χ3v) is 5.55. The molecule has 1 saturated heterocycles. The fraction of sp³-hybridized carbons (Fsp3) is 0.833. The molecule has 0 aromatic carbocycles. The standard InChI is InChI=1S/C18H31N5O2/c1-13-5-3-4-6-16(13)25-12-11-20-18(24)17-14(2)23(22-21-17)15-7-9-19-10-8-15/h13,15-16,19H,3-12H2,1-2H3,(H,20,24)/t13-,16-/m1/s1. The Morgan fingerprint density at radius 1 is 1.28 bits per heavy atom. The average Bonchev–Trinajstić information content (AvgIpc) is 3.02. The van der Waals surface area contributed by atoms with Crippen molar-refractivity contribution < 1.29 is 9.53 Å². The van der Waals surface area contributed by atoms with E-state index < -0.39 is 0 Å². The number of aromatic nitrogens is 3. The molecule has 1 aromatic rings. The lowest BCUT2D eigenvalue weighted by Gasteiger charge is -2.28. The van der Waals surface area contributed by atoms with Crippen LogP contribution in [0.15, 0.2) is 0 Å². The third kappa shape index (κ3) is 4.58. The zero-order valence-electron chi connectivity index (χ0n) is 15.5. The summed E-state index contributed by atoms with van der Waals surface area (Å²) in [4.78, 5) is 12.4. The summed E-state index contributed by atoms with van der Waals surface area (Å²) in [5.41, 5.74) is 1.29. The van der Waals surface area contributed by atoms with Gasteiger partial charge in [0, 0.05) is 6.54 Å². The van der Waals surface area contributed by atoms with Crippen molar-refractivity contribution in [2.45, 2.75) is 64.5 Å². The lowest BCUT2D eigenvalue weighted by Crippen LogP contribution is -2.32. The topological polar surface area (TPSA) is 81.1 Å². The Morgan fingerprint density at radius 2 is 2.04 bits per heavy atom. The third-order valence-electron chi connectivity index (χ3n) is 5.55. The van der Waals surface area contributed by atoms with Crippen molar-refractivity contribution in [1.82, 2.24) is 25.6 Å². The first kappa shape index (κ1) is 18.3. The minimum Gasteiger partial charge on any atom is -0.376 e. The Hall–Kier alpha value is -1.47. The number of carbonyl (C=O) groups excluding carboxylic acids is 1. The van der Waals surface area contributed by atoms with Crippen molar-refractivity contribution >= 4 is 5.91 Å². The molecule has 3 rings (SSSR count). The lowest BCUT2D eigenvalue weighted by atomic mass is 9.88. The zero-order chi connectivity index (χ0) is 17.6. The second-order valence-electron chi connectivity index (χ2n) is 7.38. The molecular weight excluding hydrogens is 318 g/mol. The molecule has 7 heteroatoms. The highest BCUT2D eigenvalue weighted by molar-refractivity contribution is 5.93. The van der Waals surface area contributed by atoms with Crippen LogP contribution in [0.25, 0.3) is 0 Å². The van der Waals surface area contributed by atoms with E-state index in [0.717, 1.165) is 38.0 Å². The molecule has 2 fully saturated rings. The highest BCUT2D eigenvalue weighted by atomic mass is 16.5. The quantitative estimate of drug-likeness (QED) is 0.766. The summed E-state index contributed by atoms with van der Waals surface area (Å²) >= 11 is 0. The fourth-order valence-corrected chi connectivity index (χ4v) is 3.94. The molecule has 25 heavy (non-hydrogen) atoms. The summed E-state index contributed by atoms with van der Waals surface area (Å²) in [7, 11) is 0. The maximum atomic E-state index is 12.4. The second kappa shape index (κ2) is 8.76. The molecule has 1 aliphatic carbocycles. The minimum absolute atomic E-state index is 0.155. The fourth-order valence-electron chi connectivity index (χ4n) is 3.94. The largest absolute Gasteiger partial charge is 0.376 e. The number of hydrogen-bond donors (Lipinski definition) is 2. The SMILES string of the molecule is Cc1c(C(=O)NCCO[C@@H]2CCCC[C@H]2C)nnn1C1CCNCC1. The van der Waals surface area contributed by atoms with Crippen LogP contribution in [0.4, 0.5) is 0 Å². The smallest absolute Gasteiger partial charge is 0.273 e. The van der Waals surface area contributed by atoms with E-state index in [2.05, 4.69) is 27.9 Å². The molecule has 140 valence electrons.